The standard InChI is InChI=1S/C25H30F2N2O4S/c1-16(2)14-23(28-34(32,33)20-7-4-17(3)5-8-20)25(31)29-12-10-18(11-13-29)24(30)21-15-19(26)6-9-22(21)27/h4-9,15-16,18,23,28H,10-14H2,1-3H3. The van der Waals surface area contributed by atoms with Crippen LogP contribution in [0.3, 0.4) is 0 Å². The number of benzene rings is 2. The summed E-state index contributed by atoms with van der Waals surface area (Å²) in [6, 6.07) is 8.22. The first-order chi connectivity index (χ1) is 16.0. The number of nitrogens with one attached hydrogen (secondary N) is 1. The van der Waals surface area contributed by atoms with Gasteiger partial charge in [-0.2, -0.15) is 4.72 Å². The molecule has 3 rings (SSSR count). The Labute approximate surface area is 199 Å². The van der Waals surface area contributed by atoms with E-state index in [9.17, 15) is 26.8 Å². The highest BCUT2D eigenvalue weighted by molar-refractivity contribution is 7.89. The van der Waals surface area contributed by atoms with Crippen molar-refractivity contribution in [2.75, 3.05) is 13.1 Å². The van der Waals surface area contributed by atoms with Crippen LogP contribution in [0.25, 0.3) is 0 Å². The number of ketones is 1. The summed E-state index contributed by atoms with van der Waals surface area (Å²) >= 11 is 0. The van der Waals surface area contributed by atoms with E-state index in [4.69, 9.17) is 0 Å². The van der Waals surface area contributed by atoms with E-state index in [2.05, 4.69) is 4.72 Å². The zero-order valence-corrected chi connectivity index (χ0v) is 20.4. The van der Waals surface area contributed by atoms with Crippen molar-refractivity contribution in [3.63, 3.8) is 0 Å². The molecular formula is C25H30F2N2O4S. The van der Waals surface area contributed by atoms with Gasteiger partial charge in [0.1, 0.15) is 17.7 Å². The van der Waals surface area contributed by atoms with E-state index in [-0.39, 0.29) is 35.4 Å². The molecule has 1 aliphatic heterocycles. The van der Waals surface area contributed by atoms with Gasteiger partial charge in [0.25, 0.3) is 0 Å². The molecule has 1 N–H and O–H groups in total. The number of halogens is 2. The van der Waals surface area contributed by atoms with Crippen LogP contribution in [0.5, 0.6) is 0 Å². The van der Waals surface area contributed by atoms with Crippen LogP contribution in [-0.2, 0) is 14.8 Å². The van der Waals surface area contributed by atoms with Gasteiger partial charge in [-0.3, -0.25) is 9.59 Å². The second-order valence-electron chi connectivity index (χ2n) is 9.20. The number of rotatable bonds is 8. The smallest absolute Gasteiger partial charge is 0.241 e. The highest BCUT2D eigenvalue weighted by atomic mass is 32.2. The molecule has 0 saturated carbocycles. The Hall–Kier alpha value is -2.65. The van der Waals surface area contributed by atoms with E-state index in [0.29, 0.717) is 19.3 Å². The third-order valence-electron chi connectivity index (χ3n) is 6.01. The van der Waals surface area contributed by atoms with Crippen molar-refractivity contribution in [1.82, 2.24) is 9.62 Å². The Balaban J connectivity index is 1.69. The number of nitrogens with zero attached hydrogens (tertiary/aromatic N) is 1. The number of piperidine rings is 1. The van der Waals surface area contributed by atoms with E-state index in [1.54, 1.807) is 12.1 Å². The van der Waals surface area contributed by atoms with Crippen LogP contribution in [0.1, 0.15) is 49.0 Å². The fraction of sp³-hybridized carbons (Fsp3) is 0.440. The van der Waals surface area contributed by atoms with E-state index < -0.39 is 39.4 Å². The number of carbonyl (C=O) groups is 2. The molecule has 1 heterocycles. The number of Topliss-reactive ketones (excluding diaryl/α,β-unsaturated/α-hetero) is 1. The van der Waals surface area contributed by atoms with Gasteiger partial charge in [0.2, 0.25) is 15.9 Å². The van der Waals surface area contributed by atoms with Crippen molar-refractivity contribution >= 4 is 21.7 Å². The van der Waals surface area contributed by atoms with Crippen molar-refractivity contribution < 1.29 is 26.8 Å². The summed E-state index contributed by atoms with van der Waals surface area (Å²) in [4.78, 5) is 27.6. The number of sulfonamides is 1. The van der Waals surface area contributed by atoms with Gasteiger partial charge >= 0.3 is 0 Å². The Bertz CT molecular complexity index is 1140. The normalized spacial score (nSPS) is 16.0. The Morgan fingerprint density at radius 2 is 1.68 bits per heavy atom. The predicted molar refractivity (Wildman–Crippen MR) is 125 cm³/mol. The van der Waals surface area contributed by atoms with Gasteiger partial charge < -0.3 is 4.90 Å². The van der Waals surface area contributed by atoms with Crippen LogP contribution in [0.15, 0.2) is 47.4 Å². The third kappa shape index (κ3) is 6.27. The topological polar surface area (TPSA) is 83.6 Å². The molecule has 184 valence electrons. The molecular weight excluding hydrogens is 462 g/mol. The lowest BCUT2D eigenvalue weighted by molar-refractivity contribution is -0.134. The maximum absolute atomic E-state index is 14.0. The summed E-state index contributed by atoms with van der Waals surface area (Å²) in [5.41, 5.74) is 0.637. The minimum absolute atomic E-state index is 0.0599. The van der Waals surface area contributed by atoms with Crippen molar-refractivity contribution in [2.24, 2.45) is 11.8 Å². The van der Waals surface area contributed by atoms with E-state index in [1.165, 1.54) is 17.0 Å². The van der Waals surface area contributed by atoms with Gasteiger partial charge in [-0.1, -0.05) is 31.5 Å². The van der Waals surface area contributed by atoms with Crippen molar-refractivity contribution in [3.8, 4) is 0 Å². The molecule has 1 saturated heterocycles. The summed E-state index contributed by atoms with van der Waals surface area (Å²) in [6.45, 7) is 6.11. The van der Waals surface area contributed by atoms with E-state index in [0.717, 1.165) is 23.8 Å². The van der Waals surface area contributed by atoms with Crippen molar-refractivity contribution in [2.45, 2.75) is 51.0 Å². The zero-order valence-electron chi connectivity index (χ0n) is 19.6. The number of likely N-dealkylation sites (tertiary alicyclic amines) is 1. The van der Waals surface area contributed by atoms with Crippen LogP contribution < -0.4 is 4.72 Å². The minimum atomic E-state index is -3.90. The minimum Gasteiger partial charge on any atom is -0.341 e. The molecule has 9 heteroatoms. The quantitative estimate of drug-likeness (QED) is 0.563. The zero-order chi connectivity index (χ0) is 25.0. The van der Waals surface area contributed by atoms with Gasteiger partial charge in [-0.05, 0) is 62.4 Å². The lowest BCUT2D eigenvalue weighted by Crippen LogP contribution is -2.51. The van der Waals surface area contributed by atoms with Crippen molar-refractivity contribution in [1.29, 1.82) is 0 Å². The van der Waals surface area contributed by atoms with Gasteiger partial charge in [-0.25, -0.2) is 17.2 Å². The summed E-state index contributed by atoms with van der Waals surface area (Å²) in [5, 5.41) is 0. The summed E-state index contributed by atoms with van der Waals surface area (Å²) in [5.74, 6) is -2.77. The second-order valence-corrected chi connectivity index (χ2v) is 10.9. The number of carbonyl (C=O) groups excluding carboxylic acids is 2. The highest BCUT2D eigenvalue weighted by Gasteiger charge is 2.34. The molecule has 0 spiro atoms. The molecule has 0 aromatic heterocycles. The molecule has 1 atom stereocenters. The Morgan fingerprint density at radius 1 is 1.06 bits per heavy atom. The van der Waals surface area contributed by atoms with E-state index >= 15 is 0 Å². The first-order valence-electron chi connectivity index (χ1n) is 11.3. The molecule has 1 fully saturated rings. The SMILES string of the molecule is Cc1ccc(S(=O)(=O)NC(CC(C)C)C(=O)N2CCC(C(=O)c3cc(F)ccc3F)CC2)cc1. The predicted octanol–water partition coefficient (Wildman–Crippen LogP) is 4.09. The fourth-order valence-corrected chi connectivity index (χ4v) is 5.33. The first kappa shape index (κ1) is 26.0. The Kier molecular flexibility index (Phi) is 8.20. The molecule has 2 aromatic carbocycles. The largest absolute Gasteiger partial charge is 0.341 e. The summed E-state index contributed by atoms with van der Waals surface area (Å²) in [7, 11) is -3.90. The van der Waals surface area contributed by atoms with Gasteiger partial charge in [0.15, 0.2) is 5.78 Å². The molecule has 1 unspecified atom stereocenters. The van der Waals surface area contributed by atoms with Crippen LogP contribution >= 0.6 is 0 Å². The lowest BCUT2D eigenvalue weighted by Gasteiger charge is -2.34. The van der Waals surface area contributed by atoms with Gasteiger partial charge in [0.05, 0.1) is 10.5 Å². The van der Waals surface area contributed by atoms with Crippen LogP contribution in [0, 0.1) is 30.4 Å². The van der Waals surface area contributed by atoms with Crippen molar-refractivity contribution in [3.05, 3.63) is 65.2 Å². The molecule has 1 amide bonds. The second kappa shape index (κ2) is 10.7. The fourth-order valence-electron chi connectivity index (χ4n) is 4.13. The van der Waals surface area contributed by atoms with Gasteiger partial charge in [-0.15, -0.1) is 0 Å². The van der Waals surface area contributed by atoms with Crippen LogP contribution in [0.4, 0.5) is 8.78 Å². The molecule has 1 aliphatic rings. The average Bonchev–Trinajstić information content (AvgIpc) is 2.79. The molecule has 6 nitrogen and oxygen atoms in total. The first-order valence-corrected chi connectivity index (χ1v) is 12.8. The molecule has 0 bridgehead atoms. The average molecular weight is 493 g/mol. The molecule has 0 radical (unpaired) electrons. The molecule has 0 aliphatic carbocycles. The highest BCUT2D eigenvalue weighted by Crippen LogP contribution is 2.25. The molecule has 2 aromatic rings. The van der Waals surface area contributed by atoms with Gasteiger partial charge in [0, 0.05) is 19.0 Å². The monoisotopic (exact) mass is 492 g/mol. The lowest BCUT2D eigenvalue weighted by atomic mass is 9.88. The number of amides is 1. The maximum atomic E-state index is 14.0. The Morgan fingerprint density at radius 3 is 2.26 bits per heavy atom. The summed E-state index contributed by atoms with van der Waals surface area (Å²) in [6.07, 6.45) is 0.899. The third-order valence-corrected chi connectivity index (χ3v) is 7.49. The van der Waals surface area contributed by atoms with Crippen LogP contribution in [0.2, 0.25) is 0 Å². The van der Waals surface area contributed by atoms with E-state index in [1.807, 2.05) is 20.8 Å². The summed E-state index contributed by atoms with van der Waals surface area (Å²) < 4.78 is 55.8. The number of hydrogen-bond donors (Lipinski definition) is 1. The maximum Gasteiger partial charge on any atom is 0.241 e. The molecule has 34 heavy (non-hydrogen) atoms. The van der Waals surface area contributed by atoms with Crippen LogP contribution in [-0.4, -0.2) is 44.1 Å². The number of hydrogen-bond acceptors (Lipinski definition) is 4. The number of aryl methyl sites for hydroxylation is 1.